The van der Waals surface area contributed by atoms with E-state index in [0.717, 1.165) is 22.7 Å². The molecule has 0 radical (unpaired) electrons. The topological polar surface area (TPSA) is 74.7 Å². The minimum Gasteiger partial charge on any atom is -0.480 e. The van der Waals surface area contributed by atoms with Gasteiger partial charge in [-0.25, -0.2) is 8.42 Å². The summed E-state index contributed by atoms with van der Waals surface area (Å²) in [5.41, 5.74) is 1.75. The van der Waals surface area contributed by atoms with Gasteiger partial charge in [-0.1, -0.05) is 29.8 Å². The zero-order valence-electron chi connectivity index (χ0n) is 11.4. The van der Waals surface area contributed by atoms with E-state index >= 15 is 0 Å². The van der Waals surface area contributed by atoms with E-state index in [-0.39, 0.29) is 5.75 Å². The largest absolute Gasteiger partial charge is 0.480 e. The quantitative estimate of drug-likeness (QED) is 0.919. The average molecular weight is 297 g/mol. The average Bonchev–Trinajstić information content (AvgIpc) is 2.41. The molecule has 0 aliphatic carbocycles. The van der Waals surface area contributed by atoms with Gasteiger partial charge in [0.1, 0.15) is 6.04 Å². The third kappa shape index (κ3) is 3.37. The first kappa shape index (κ1) is 15.0. The number of aryl methyl sites for hydroxylation is 1. The molecule has 1 unspecified atom stereocenters. The summed E-state index contributed by atoms with van der Waals surface area (Å²) in [5.74, 6) is -1.20. The molecule has 0 bridgehead atoms. The van der Waals surface area contributed by atoms with Crippen molar-refractivity contribution in [2.45, 2.75) is 38.0 Å². The van der Waals surface area contributed by atoms with Gasteiger partial charge < -0.3 is 5.11 Å². The summed E-state index contributed by atoms with van der Waals surface area (Å²) in [6.45, 7) is 2.23. The molecule has 1 heterocycles. The number of carboxylic acid groups (broad SMARTS) is 1. The van der Waals surface area contributed by atoms with Crippen LogP contribution in [0.1, 0.15) is 30.4 Å². The van der Waals surface area contributed by atoms with Gasteiger partial charge in [0.15, 0.2) is 0 Å². The van der Waals surface area contributed by atoms with Gasteiger partial charge >= 0.3 is 5.97 Å². The van der Waals surface area contributed by atoms with Crippen molar-refractivity contribution in [2.75, 3.05) is 6.54 Å². The lowest BCUT2D eigenvalue weighted by Gasteiger charge is -2.31. The van der Waals surface area contributed by atoms with Crippen LogP contribution in [0.5, 0.6) is 0 Å². The number of carboxylic acids is 1. The van der Waals surface area contributed by atoms with Crippen LogP contribution in [0.2, 0.25) is 0 Å². The Labute approximate surface area is 119 Å². The lowest BCUT2D eigenvalue weighted by Crippen LogP contribution is -2.48. The van der Waals surface area contributed by atoms with Gasteiger partial charge in [0, 0.05) is 6.54 Å². The fourth-order valence-electron chi connectivity index (χ4n) is 2.46. The van der Waals surface area contributed by atoms with E-state index < -0.39 is 22.0 Å². The maximum absolute atomic E-state index is 12.4. The highest BCUT2D eigenvalue weighted by molar-refractivity contribution is 7.88. The third-order valence-electron chi connectivity index (χ3n) is 3.57. The second-order valence-corrected chi connectivity index (χ2v) is 7.12. The van der Waals surface area contributed by atoms with Crippen molar-refractivity contribution in [3.63, 3.8) is 0 Å². The van der Waals surface area contributed by atoms with Crippen LogP contribution in [0.3, 0.4) is 0 Å². The number of benzene rings is 1. The maximum atomic E-state index is 12.4. The molecule has 6 heteroatoms. The van der Waals surface area contributed by atoms with E-state index in [1.807, 2.05) is 19.1 Å². The molecule has 0 aromatic heterocycles. The Hall–Kier alpha value is -1.40. The molecule has 1 fully saturated rings. The Morgan fingerprint density at radius 3 is 2.55 bits per heavy atom. The number of carbonyl (C=O) groups is 1. The summed E-state index contributed by atoms with van der Waals surface area (Å²) in [6.07, 6.45) is 1.87. The van der Waals surface area contributed by atoms with Gasteiger partial charge in [0.05, 0.1) is 5.75 Å². The Morgan fingerprint density at radius 1 is 1.30 bits per heavy atom. The van der Waals surface area contributed by atoms with E-state index in [9.17, 15) is 13.2 Å². The second kappa shape index (κ2) is 5.93. The standard InChI is InChI=1S/C14H19NO4S/c1-11-5-7-12(8-6-11)10-20(18,19)15-9-3-2-4-13(15)14(16)17/h5-8,13H,2-4,9-10H2,1H3,(H,16,17). The highest BCUT2D eigenvalue weighted by atomic mass is 32.2. The van der Waals surface area contributed by atoms with Crippen LogP contribution in [0.4, 0.5) is 0 Å². The highest BCUT2D eigenvalue weighted by Crippen LogP contribution is 2.23. The molecular weight excluding hydrogens is 278 g/mol. The van der Waals surface area contributed by atoms with Crippen LogP contribution in [-0.4, -0.2) is 36.4 Å². The molecule has 0 saturated carbocycles. The molecule has 1 aromatic rings. The van der Waals surface area contributed by atoms with Crippen molar-refractivity contribution in [1.29, 1.82) is 0 Å². The third-order valence-corrected chi connectivity index (χ3v) is 5.42. The normalized spacial score (nSPS) is 20.8. The molecule has 1 aromatic carbocycles. The van der Waals surface area contributed by atoms with Crippen molar-refractivity contribution < 1.29 is 18.3 Å². The first-order valence-corrected chi connectivity index (χ1v) is 8.29. The van der Waals surface area contributed by atoms with E-state index in [1.54, 1.807) is 12.1 Å². The van der Waals surface area contributed by atoms with Gasteiger partial charge in [0.25, 0.3) is 0 Å². The van der Waals surface area contributed by atoms with Crippen LogP contribution in [0.25, 0.3) is 0 Å². The number of sulfonamides is 1. The summed E-state index contributed by atoms with van der Waals surface area (Å²) >= 11 is 0. The fourth-order valence-corrected chi connectivity index (χ4v) is 4.23. The van der Waals surface area contributed by atoms with Gasteiger partial charge in [-0.3, -0.25) is 4.79 Å². The lowest BCUT2D eigenvalue weighted by molar-refractivity contribution is -0.142. The number of nitrogens with zero attached hydrogens (tertiary/aromatic N) is 1. The number of aliphatic carboxylic acids is 1. The number of rotatable bonds is 4. The summed E-state index contributed by atoms with van der Waals surface area (Å²) in [7, 11) is -3.59. The van der Waals surface area contributed by atoms with Crippen LogP contribution in [0.15, 0.2) is 24.3 Å². The lowest BCUT2D eigenvalue weighted by atomic mass is 10.1. The molecule has 1 aliphatic rings. The van der Waals surface area contributed by atoms with Crippen LogP contribution in [0, 0.1) is 6.92 Å². The summed E-state index contributed by atoms with van der Waals surface area (Å²) in [6, 6.07) is 6.34. The fraction of sp³-hybridized carbons (Fsp3) is 0.500. The Bertz CT molecular complexity index is 580. The second-order valence-electron chi connectivity index (χ2n) is 5.20. The Balaban J connectivity index is 2.20. The van der Waals surface area contributed by atoms with Crippen molar-refractivity contribution >= 4 is 16.0 Å². The summed E-state index contributed by atoms with van der Waals surface area (Å²) < 4.78 is 26.0. The maximum Gasteiger partial charge on any atom is 0.322 e. The van der Waals surface area contributed by atoms with Crippen molar-refractivity contribution in [3.8, 4) is 0 Å². The summed E-state index contributed by atoms with van der Waals surface area (Å²) in [5, 5.41) is 9.17. The smallest absolute Gasteiger partial charge is 0.322 e. The van der Waals surface area contributed by atoms with Gasteiger partial charge in [-0.2, -0.15) is 4.31 Å². The molecule has 1 aliphatic heterocycles. The van der Waals surface area contributed by atoms with Crippen molar-refractivity contribution in [3.05, 3.63) is 35.4 Å². The predicted molar refractivity (Wildman–Crippen MR) is 75.8 cm³/mol. The molecular formula is C14H19NO4S. The molecule has 0 amide bonds. The zero-order chi connectivity index (χ0) is 14.8. The first-order valence-electron chi connectivity index (χ1n) is 6.68. The predicted octanol–water partition coefficient (Wildman–Crippen LogP) is 1.76. The molecule has 110 valence electrons. The molecule has 1 N–H and O–H groups in total. The monoisotopic (exact) mass is 297 g/mol. The molecule has 2 rings (SSSR count). The SMILES string of the molecule is Cc1ccc(CS(=O)(=O)N2CCCCC2C(=O)O)cc1. The first-order chi connectivity index (χ1) is 9.40. The van der Waals surface area contributed by atoms with Crippen molar-refractivity contribution in [2.24, 2.45) is 0 Å². The number of piperidine rings is 1. The van der Waals surface area contributed by atoms with Gasteiger partial charge in [-0.05, 0) is 31.7 Å². The molecule has 5 nitrogen and oxygen atoms in total. The molecule has 1 saturated heterocycles. The number of hydrogen-bond donors (Lipinski definition) is 1. The van der Waals surface area contributed by atoms with E-state index in [1.165, 1.54) is 0 Å². The molecule has 20 heavy (non-hydrogen) atoms. The van der Waals surface area contributed by atoms with E-state index in [2.05, 4.69) is 0 Å². The van der Waals surface area contributed by atoms with Crippen LogP contribution >= 0.6 is 0 Å². The zero-order valence-corrected chi connectivity index (χ0v) is 12.3. The minimum absolute atomic E-state index is 0.142. The number of hydrogen-bond acceptors (Lipinski definition) is 3. The molecule has 0 spiro atoms. The van der Waals surface area contributed by atoms with Gasteiger partial charge in [-0.15, -0.1) is 0 Å². The minimum atomic E-state index is -3.59. The van der Waals surface area contributed by atoms with Crippen LogP contribution < -0.4 is 0 Å². The van der Waals surface area contributed by atoms with E-state index in [4.69, 9.17) is 5.11 Å². The van der Waals surface area contributed by atoms with E-state index in [0.29, 0.717) is 18.5 Å². The van der Waals surface area contributed by atoms with Crippen LogP contribution in [-0.2, 0) is 20.6 Å². The van der Waals surface area contributed by atoms with Crippen molar-refractivity contribution in [1.82, 2.24) is 4.31 Å². The van der Waals surface area contributed by atoms with Gasteiger partial charge in [0.2, 0.25) is 10.0 Å². The highest BCUT2D eigenvalue weighted by Gasteiger charge is 2.36. The molecule has 1 atom stereocenters. The Kier molecular flexibility index (Phi) is 4.45. The summed E-state index contributed by atoms with van der Waals surface area (Å²) in [4.78, 5) is 11.2. The Morgan fingerprint density at radius 2 is 1.95 bits per heavy atom.